The Balaban J connectivity index is 2.04. The van der Waals surface area contributed by atoms with Crippen molar-refractivity contribution in [1.29, 1.82) is 0 Å². The molecule has 0 bridgehead atoms. The van der Waals surface area contributed by atoms with Crippen LogP contribution >= 0.6 is 11.6 Å². The number of carbonyl (C=O) groups excluding carboxylic acids is 2. The van der Waals surface area contributed by atoms with Gasteiger partial charge in [0.05, 0.1) is 6.61 Å². The number of carbonyl (C=O) groups is 2. The molecule has 4 nitrogen and oxygen atoms in total. The van der Waals surface area contributed by atoms with E-state index < -0.39 is 29.2 Å². The van der Waals surface area contributed by atoms with Gasteiger partial charge < -0.3 is 9.84 Å². The normalized spacial score (nSPS) is 25.8. The van der Waals surface area contributed by atoms with Gasteiger partial charge in [-0.2, -0.15) is 0 Å². The van der Waals surface area contributed by atoms with E-state index in [-0.39, 0.29) is 13.0 Å². The maximum absolute atomic E-state index is 13.0. The summed E-state index contributed by atoms with van der Waals surface area (Å²) in [7, 11) is 0. The van der Waals surface area contributed by atoms with E-state index in [0.29, 0.717) is 10.6 Å². The van der Waals surface area contributed by atoms with Crippen molar-refractivity contribution in [1.82, 2.24) is 0 Å². The van der Waals surface area contributed by atoms with Crippen molar-refractivity contribution in [2.75, 3.05) is 6.61 Å². The number of esters is 1. The second-order valence-electron chi connectivity index (χ2n) is 6.18. The number of benzene rings is 2. The van der Waals surface area contributed by atoms with Gasteiger partial charge in [-0.05, 0) is 36.6 Å². The van der Waals surface area contributed by atoms with Crippen LogP contribution in [0.1, 0.15) is 30.4 Å². The predicted molar refractivity (Wildman–Crippen MR) is 94.3 cm³/mol. The molecule has 0 heterocycles. The van der Waals surface area contributed by atoms with E-state index in [0.717, 1.165) is 5.56 Å². The third-order valence-corrected chi connectivity index (χ3v) is 4.95. The lowest BCUT2D eigenvalue weighted by Crippen LogP contribution is -2.36. The number of aliphatic hydroxyl groups is 1. The minimum Gasteiger partial charge on any atom is -0.465 e. The average Bonchev–Trinajstić information content (AvgIpc) is 2.89. The lowest BCUT2D eigenvalue weighted by Gasteiger charge is -2.21. The number of Topliss-reactive ketones (excluding diaryl/α,β-unsaturated/α-hetero) is 1. The minimum absolute atomic E-state index is 0.126. The van der Waals surface area contributed by atoms with E-state index in [4.69, 9.17) is 16.3 Å². The number of halogens is 1. The average molecular weight is 359 g/mol. The van der Waals surface area contributed by atoms with E-state index in [1.165, 1.54) is 0 Å². The van der Waals surface area contributed by atoms with Crippen LogP contribution in [-0.4, -0.2) is 23.5 Å². The molecule has 3 atom stereocenters. The Morgan fingerprint density at radius 1 is 1.20 bits per heavy atom. The van der Waals surface area contributed by atoms with Crippen LogP contribution in [0.15, 0.2) is 54.6 Å². The molecule has 0 saturated heterocycles. The molecule has 1 N–H and O–H groups in total. The molecule has 5 heteroatoms. The zero-order chi connectivity index (χ0) is 18.0. The van der Waals surface area contributed by atoms with Gasteiger partial charge in [-0.25, -0.2) is 0 Å². The van der Waals surface area contributed by atoms with Crippen molar-refractivity contribution in [2.24, 2.45) is 5.92 Å². The Labute approximate surface area is 151 Å². The second-order valence-corrected chi connectivity index (χ2v) is 6.62. The first-order valence-corrected chi connectivity index (χ1v) is 8.59. The van der Waals surface area contributed by atoms with E-state index >= 15 is 0 Å². The minimum atomic E-state index is -1.71. The Bertz CT molecular complexity index is 772. The van der Waals surface area contributed by atoms with Gasteiger partial charge in [-0.3, -0.25) is 9.59 Å². The Morgan fingerprint density at radius 2 is 1.84 bits per heavy atom. The molecule has 2 aromatic rings. The van der Waals surface area contributed by atoms with E-state index in [9.17, 15) is 14.7 Å². The summed E-state index contributed by atoms with van der Waals surface area (Å²) in [6, 6.07) is 15.7. The lowest BCUT2D eigenvalue weighted by molar-refractivity contribution is -0.154. The second kappa shape index (κ2) is 6.98. The van der Waals surface area contributed by atoms with Gasteiger partial charge in [0.15, 0.2) is 5.78 Å². The molecule has 3 rings (SSSR count). The van der Waals surface area contributed by atoms with Gasteiger partial charge >= 0.3 is 5.97 Å². The van der Waals surface area contributed by atoms with Crippen LogP contribution in [0.3, 0.4) is 0 Å². The van der Waals surface area contributed by atoms with Crippen molar-refractivity contribution >= 4 is 23.4 Å². The number of rotatable bonds is 4. The molecule has 1 aliphatic carbocycles. The SMILES string of the molecule is CCOC(=O)C1C(=O)C(O)(c2ccccc2)CC1c1ccc(Cl)cc1. The highest BCUT2D eigenvalue weighted by molar-refractivity contribution is 6.30. The monoisotopic (exact) mass is 358 g/mol. The van der Waals surface area contributed by atoms with Crippen molar-refractivity contribution in [3.8, 4) is 0 Å². The van der Waals surface area contributed by atoms with Crippen LogP contribution in [0.4, 0.5) is 0 Å². The summed E-state index contributed by atoms with van der Waals surface area (Å²) >= 11 is 5.94. The number of hydrogen-bond donors (Lipinski definition) is 1. The van der Waals surface area contributed by atoms with Crippen LogP contribution in [-0.2, 0) is 19.9 Å². The van der Waals surface area contributed by atoms with Crippen molar-refractivity contribution in [3.05, 3.63) is 70.7 Å². The Morgan fingerprint density at radius 3 is 2.44 bits per heavy atom. The van der Waals surface area contributed by atoms with Crippen LogP contribution in [0.2, 0.25) is 5.02 Å². The summed E-state index contributed by atoms with van der Waals surface area (Å²) in [5.74, 6) is -2.61. The van der Waals surface area contributed by atoms with E-state index in [1.54, 1.807) is 55.5 Å². The van der Waals surface area contributed by atoms with Crippen molar-refractivity contribution in [2.45, 2.75) is 24.9 Å². The van der Waals surface area contributed by atoms with Gasteiger partial charge in [0.25, 0.3) is 0 Å². The predicted octanol–water partition coefficient (Wildman–Crippen LogP) is 3.46. The maximum atomic E-state index is 13.0. The summed E-state index contributed by atoms with van der Waals surface area (Å²) in [6.07, 6.45) is 0.126. The molecule has 0 spiro atoms. The molecule has 0 aliphatic heterocycles. The van der Waals surface area contributed by atoms with Gasteiger partial charge in [0, 0.05) is 10.9 Å². The lowest BCUT2D eigenvalue weighted by atomic mass is 9.88. The highest BCUT2D eigenvalue weighted by Crippen LogP contribution is 2.48. The Hall–Kier alpha value is -2.17. The van der Waals surface area contributed by atoms with Gasteiger partial charge in [0.1, 0.15) is 11.5 Å². The van der Waals surface area contributed by atoms with Gasteiger partial charge in [-0.1, -0.05) is 54.1 Å². The summed E-state index contributed by atoms with van der Waals surface area (Å²) in [5.41, 5.74) is -0.434. The van der Waals surface area contributed by atoms with Crippen LogP contribution in [0.5, 0.6) is 0 Å². The van der Waals surface area contributed by atoms with Crippen LogP contribution in [0, 0.1) is 5.92 Å². The summed E-state index contributed by atoms with van der Waals surface area (Å²) in [4.78, 5) is 25.5. The molecule has 130 valence electrons. The summed E-state index contributed by atoms with van der Waals surface area (Å²) < 4.78 is 5.10. The summed E-state index contributed by atoms with van der Waals surface area (Å²) in [6.45, 7) is 1.87. The fourth-order valence-electron chi connectivity index (χ4n) is 3.47. The molecular weight excluding hydrogens is 340 g/mol. The van der Waals surface area contributed by atoms with Crippen molar-refractivity contribution < 1.29 is 19.4 Å². The molecule has 0 aromatic heterocycles. The van der Waals surface area contributed by atoms with Crippen molar-refractivity contribution in [3.63, 3.8) is 0 Å². The highest BCUT2D eigenvalue weighted by Gasteiger charge is 2.56. The smallest absolute Gasteiger partial charge is 0.317 e. The van der Waals surface area contributed by atoms with E-state index in [1.807, 2.05) is 6.07 Å². The van der Waals surface area contributed by atoms with E-state index in [2.05, 4.69) is 0 Å². The highest BCUT2D eigenvalue weighted by atomic mass is 35.5. The molecule has 2 aromatic carbocycles. The first-order chi connectivity index (χ1) is 12.0. The molecular formula is C20H19ClO4. The first-order valence-electron chi connectivity index (χ1n) is 8.21. The Kier molecular flexibility index (Phi) is 4.93. The largest absolute Gasteiger partial charge is 0.465 e. The van der Waals surface area contributed by atoms with Crippen LogP contribution in [0.25, 0.3) is 0 Å². The number of ketones is 1. The fraction of sp³-hybridized carbons (Fsp3) is 0.300. The zero-order valence-corrected chi connectivity index (χ0v) is 14.6. The number of ether oxygens (including phenoxy) is 1. The molecule has 3 unspecified atom stereocenters. The molecule has 1 aliphatic rings. The third kappa shape index (κ3) is 3.20. The maximum Gasteiger partial charge on any atom is 0.317 e. The third-order valence-electron chi connectivity index (χ3n) is 4.70. The topological polar surface area (TPSA) is 63.6 Å². The molecule has 1 fully saturated rings. The molecule has 25 heavy (non-hydrogen) atoms. The quantitative estimate of drug-likeness (QED) is 0.671. The van der Waals surface area contributed by atoms with Gasteiger partial charge in [0.2, 0.25) is 0 Å². The zero-order valence-electron chi connectivity index (χ0n) is 13.8. The molecule has 1 saturated carbocycles. The van der Waals surface area contributed by atoms with Gasteiger partial charge in [-0.15, -0.1) is 0 Å². The standard InChI is InChI=1S/C20H19ClO4/c1-2-25-19(23)17-16(13-8-10-15(21)11-9-13)12-20(24,18(17)22)14-6-4-3-5-7-14/h3-11,16-17,24H,2,12H2,1H3. The molecule has 0 radical (unpaired) electrons. The first kappa shape index (κ1) is 17.6. The number of hydrogen-bond acceptors (Lipinski definition) is 4. The molecule has 0 amide bonds. The fourth-order valence-corrected chi connectivity index (χ4v) is 3.60. The summed E-state index contributed by atoms with van der Waals surface area (Å²) in [5, 5.41) is 11.7. The van der Waals surface area contributed by atoms with Crippen LogP contribution < -0.4 is 0 Å².